The Morgan fingerprint density at radius 3 is 2.37 bits per heavy atom. The molecule has 1 aromatic heterocycles. The van der Waals surface area contributed by atoms with E-state index in [0.29, 0.717) is 42.4 Å². The van der Waals surface area contributed by atoms with Crippen LogP contribution in [0.2, 0.25) is 0 Å². The van der Waals surface area contributed by atoms with E-state index in [1.54, 1.807) is 12.1 Å². The molecule has 0 spiro atoms. The molecule has 35 heavy (non-hydrogen) atoms. The fourth-order valence-corrected chi connectivity index (χ4v) is 4.57. The normalized spacial score (nSPS) is 14.9. The highest BCUT2D eigenvalue weighted by molar-refractivity contribution is 6.02. The van der Waals surface area contributed by atoms with Crippen molar-refractivity contribution in [3.63, 3.8) is 0 Å². The van der Waals surface area contributed by atoms with Gasteiger partial charge in [-0.15, -0.1) is 13.2 Å². The number of benzene rings is 2. The first-order valence-corrected chi connectivity index (χ1v) is 11.5. The Morgan fingerprint density at radius 2 is 1.77 bits per heavy atom. The lowest BCUT2D eigenvalue weighted by Gasteiger charge is -2.32. The molecule has 4 rings (SSSR count). The summed E-state index contributed by atoms with van der Waals surface area (Å²) in [6.07, 6.45) is -2.01. The second kappa shape index (κ2) is 9.99. The van der Waals surface area contributed by atoms with Crippen molar-refractivity contribution in [1.82, 2.24) is 9.47 Å². The molecule has 10 heteroatoms. The molecule has 1 aliphatic heterocycles. The van der Waals surface area contributed by atoms with Crippen LogP contribution in [0.1, 0.15) is 40.9 Å². The minimum absolute atomic E-state index is 0.0943. The number of ether oxygens (including phenoxy) is 1. The molecule has 0 bridgehead atoms. The second-order valence-corrected chi connectivity index (χ2v) is 8.81. The van der Waals surface area contributed by atoms with E-state index in [9.17, 15) is 18.0 Å². The van der Waals surface area contributed by atoms with E-state index in [1.807, 2.05) is 21.6 Å². The third kappa shape index (κ3) is 5.76. The van der Waals surface area contributed by atoms with Gasteiger partial charge in [-0.2, -0.15) is 0 Å². The van der Waals surface area contributed by atoms with Crippen LogP contribution in [0.5, 0.6) is 5.75 Å². The van der Waals surface area contributed by atoms with Gasteiger partial charge in [-0.3, -0.25) is 10.2 Å². The first kappa shape index (κ1) is 24.6. The van der Waals surface area contributed by atoms with Crippen LogP contribution in [0.3, 0.4) is 0 Å². The van der Waals surface area contributed by atoms with Crippen molar-refractivity contribution in [2.24, 2.45) is 17.4 Å². The number of nitrogen functional groups attached to an aromatic ring is 1. The van der Waals surface area contributed by atoms with E-state index in [2.05, 4.69) is 4.74 Å². The number of aromatic nitrogens is 1. The van der Waals surface area contributed by atoms with Gasteiger partial charge in [-0.25, -0.2) is 0 Å². The Kier molecular flexibility index (Phi) is 7.02. The first-order chi connectivity index (χ1) is 16.6. The average molecular weight is 488 g/mol. The summed E-state index contributed by atoms with van der Waals surface area (Å²) < 4.78 is 43.3. The van der Waals surface area contributed by atoms with Crippen molar-refractivity contribution in [2.45, 2.75) is 32.2 Å². The molecule has 7 nitrogen and oxygen atoms in total. The van der Waals surface area contributed by atoms with Gasteiger partial charge in [0.2, 0.25) is 0 Å². The van der Waals surface area contributed by atoms with Gasteiger partial charge in [0.05, 0.1) is 0 Å². The number of hydrogen-bond acceptors (Lipinski definition) is 4. The zero-order valence-corrected chi connectivity index (χ0v) is 19.1. The number of piperidine rings is 1. The number of likely N-dealkylation sites (tertiary alicyclic amines) is 1. The predicted octanol–water partition coefficient (Wildman–Crippen LogP) is 4.07. The Hall–Kier alpha value is -3.53. The fourth-order valence-electron chi connectivity index (χ4n) is 4.57. The molecular formula is C25H28F3N5O2. The molecule has 1 saturated heterocycles. The van der Waals surface area contributed by atoms with Crippen LogP contribution in [0, 0.1) is 11.3 Å². The fraction of sp³-hybridized carbons (Fsp3) is 0.360. The van der Waals surface area contributed by atoms with E-state index in [-0.39, 0.29) is 24.0 Å². The Labute approximate surface area is 200 Å². The maximum atomic E-state index is 13.5. The smallest absolute Gasteiger partial charge is 0.406 e. The van der Waals surface area contributed by atoms with Crippen molar-refractivity contribution >= 4 is 22.6 Å². The number of nitrogens with one attached hydrogen (secondary N) is 1. The lowest BCUT2D eigenvalue weighted by molar-refractivity contribution is -0.274. The quantitative estimate of drug-likeness (QED) is 0.345. The van der Waals surface area contributed by atoms with Gasteiger partial charge in [0, 0.05) is 36.1 Å². The monoisotopic (exact) mass is 487 g/mol. The molecule has 1 fully saturated rings. The maximum Gasteiger partial charge on any atom is 0.573 e. The van der Waals surface area contributed by atoms with E-state index < -0.39 is 6.36 Å². The number of hydrogen-bond donors (Lipinski definition) is 3. The number of carbonyl (C=O) groups excluding carboxylic acids is 1. The minimum Gasteiger partial charge on any atom is -0.406 e. The van der Waals surface area contributed by atoms with Crippen molar-refractivity contribution in [2.75, 3.05) is 19.6 Å². The van der Waals surface area contributed by atoms with Gasteiger partial charge in [-0.05, 0) is 61.6 Å². The van der Waals surface area contributed by atoms with E-state index in [4.69, 9.17) is 16.9 Å². The van der Waals surface area contributed by atoms with Crippen LogP contribution >= 0.6 is 0 Å². The van der Waals surface area contributed by atoms with Crippen LogP contribution in [0.25, 0.3) is 10.9 Å². The van der Waals surface area contributed by atoms with Gasteiger partial charge in [0.1, 0.15) is 17.3 Å². The van der Waals surface area contributed by atoms with Crippen LogP contribution in [-0.4, -0.2) is 47.2 Å². The van der Waals surface area contributed by atoms with Crippen molar-refractivity contribution in [3.8, 4) is 5.75 Å². The number of rotatable bonds is 7. The summed E-state index contributed by atoms with van der Waals surface area (Å²) in [4.78, 5) is 15.4. The van der Waals surface area contributed by atoms with Gasteiger partial charge >= 0.3 is 6.36 Å². The Bertz CT molecular complexity index is 1210. The molecule has 186 valence electrons. The molecule has 0 radical (unpaired) electrons. The Morgan fingerprint density at radius 1 is 1.09 bits per heavy atom. The zero-order chi connectivity index (χ0) is 25.2. The first-order valence-electron chi connectivity index (χ1n) is 11.5. The molecule has 0 atom stereocenters. The number of nitrogens with two attached hydrogens (primary N) is 2. The molecule has 3 aromatic rings. The predicted molar refractivity (Wildman–Crippen MR) is 127 cm³/mol. The van der Waals surface area contributed by atoms with Crippen LogP contribution in [0.15, 0.2) is 48.5 Å². The molecular weight excluding hydrogens is 459 g/mol. The lowest BCUT2D eigenvalue weighted by Crippen LogP contribution is -2.39. The second-order valence-electron chi connectivity index (χ2n) is 8.81. The summed E-state index contributed by atoms with van der Waals surface area (Å²) in [5.41, 5.74) is 13.8. The largest absolute Gasteiger partial charge is 0.573 e. The van der Waals surface area contributed by atoms with E-state index in [0.717, 1.165) is 30.2 Å². The van der Waals surface area contributed by atoms with Crippen LogP contribution < -0.4 is 16.2 Å². The molecule has 0 unspecified atom stereocenters. The van der Waals surface area contributed by atoms with Gasteiger partial charge < -0.3 is 25.7 Å². The third-order valence-corrected chi connectivity index (χ3v) is 6.41. The Balaban J connectivity index is 1.66. The molecule has 2 aromatic carbocycles. The number of halogens is 3. The van der Waals surface area contributed by atoms with Crippen molar-refractivity contribution in [3.05, 3.63) is 65.4 Å². The summed E-state index contributed by atoms with van der Waals surface area (Å²) in [6.45, 7) is 2.18. The number of amides is 1. The van der Waals surface area contributed by atoms with E-state index >= 15 is 0 Å². The molecule has 0 saturated carbocycles. The molecule has 5 N–H and O–H groups in total. The number of nitrogens with zero attached hydrogens (tertiary/aromatic N) is 2. The highest BCUT2D eigenvalue weighted by Gasteiger charge is 2.31. The molecule has 1 amide bonds. The summed E-state index contributed by atoms with van der Waals surface area (Å²) >= 11 is 0. The van der Waals surface area contributed by atoms with Crippen LogP contribution in [-0.2, 0) is 6.54 Å². The molecule has 0 aliphatic carbocycles. The number of alkyl halides is 3. The summed E-state index contributed by atoms with van der Waals surface area (Å²) in [7, 11) is 0. The number of carbonyl (C=O) groups is 1. The standard InChI is InChI=1S/C25H28F3N5O2/c26-25(27,28)35-20-5-1-17(2-6-20)15-33-21-14-19(23(30)31)4-3-18(21)13-22(33)24(34)32-11-8-16(7-10-29)9-12-32/h1-6,13-14,16H,7-12,15,29H2,(H3,30,31). The topological polar surface area (TPSA) is 110 Å². The van der Waals surface area contributed by atoms with Gasteiger partial charge in [0.15, 0.2) is 0 Å². The summed E-state index contributed by atoms with van der Waals surface area (Å²) in [5.74, 6) is 0.0107. The lowest BCUT2D eigenvalue weighted by atomic mass is 9.93. The summed E-state index contributed by atoms with van der Waals surface area (Å²) in [5, 5.41) is 8.59. The number of amidine groups is 1. The molecule has 2 heterocycles. The van der Waals surface area contributed by atoms with Gasteiger partial charge in [-0.1, -0.05) is 24.3 Å². The number of fused-ring (bicyclic) bond motifs is 1. The summed E-state index contributed by atoms with van der Waals surface area (Å²) in [6, 6.07) is 12.7. The van der Waals surface area contributed by atoms with Gasteiger partial charge in [0.25, 0.3) is 5.91 Å². The zero-order valence-electron chi connectivity index (χ0n) is 19.1. The third-order valence-electron chi connectivity index (χ3n) is 6.41. The van der Waals surface area contributed by atoms with Crippen molar-refractivity contribution < 1.29 is 22.7 Å². The van der Waals surface area contributed by atoms with E-state index in [1.165, 1.54) is 24.3 Å². The van der Waals surface area contributed by atoms with Crippen molar-refractivity contribution in [1.29, 1.82) is 5.41 Å². The SMILES string of the molecule is N=C(N)c1ccc2cc(C(=O)N3CCC(CCN)CC3)n(Cc3ccc(OC(F)(F)F)cc3)c2c1. The maximum absolute atomic E-state index is 13.5. The van der Waals surface area contributed by atoms with Crippen LogP contribution in [0.4, 0.5) is 13.2 Å². The average Bonchev–Trinajstić information content (AvgIpc) is 3.17. The highest BCUT2D eigenvalue weighted by atomic mass is 19.4. The highest BCUT2D eigenvalue weighted by Crippen LogP contribution is 2.28. The molecule has 1 aliphatic rings. The minimum atomic E-state index is -4.77.